The maximum absolute atomic E-state index is 13.6. The summed E-state index contributed by atoms with van der Waals surface area (Å²) in [6.45, 7) is 0.599. The lowest BCUT2D eigenvalue weighted by molar-refractivity contribution is 0.0724. The van der Waals surface area contributed by atoms with Crippen molar-refractivity contribution in [3.63, 3.8) is 0 Å². The highest BCUT2D eigenvalue weighted by molar-refractivity contribution is 6.08. The number of hydrogen-bond donors (Lipinski definition) is 1. The zero-order chi connectivity index (χ0) is 26.1. The summed E-state index contributed by atoms with van der Waals surface area (Å²) in [6, 6.07) is 20.6. The zero-order valence-electron chi connectivity index (χ0n) is 21.0. The highest BCUT2D eigenvalue weighted by Gasteiger charge is 2.33. The predicted octanol–water partition coefficient (Wildman–Crippen LogP) is 5.14. The number of anilines is 1. The lowest BCUT2D eigenvalue weighted by Crippen LogP contribution is -2.41. The SMILES string of the molecule is Cn1cc2c(n1)C1=CC=CCC1N(C(=O)c1ccc(NC(=O)c3ccccc3-c3ccccc3)nc1)CC2. The van der Waals surface area contributed by atoms with E-state index in [-0.39, 0.29) is 17.9 Å². The molecule has 2 aliphatic rings. The molecule has 1 aliphatic heterocycles. The number of carbonyl (C=O) groups is 2. The predicted molar refractivity (Wildman–Crippen MR) is 148 cm³/mol. The number of aromatic nitrogens is 3. The molecular weight excluding hydrogens is 474 g/mol. The van der Waals surface area contributed by atoms with E-state index in [1.54, 1.807) is 24.4 Å². The minimum Gasteiger partial charge on any atom is -0.331 e. The topological polar surface area (TPSA) is 80.1 Å². The third-order valence-corrected chi connectivity index (χ3v) is 7.08. The van der Waals surface area contributed by atoms with Gasteiger partial charge in [0.1, 0.15) is 5.82 Å². The molecule has 6 rings (SSSR count). The van der Waals surface area contributed by atoms with Gasteiger partial charge in [0.15, 0.2) is 0 Å². The molecule has 4 aromatic rings. The van der Waals surface area contributed by atoms with E-state index in [1.807, 2.05) is 77.4 Å². The van der Waals surface area contributed by atoms with Gasteiger partial charge in [-0.15, -0.1) is 0 Å². The number of amides is 2. The molecule has 7 heteroatoms. The number of rotatable bonds is 4. The molecule has 2 aromatic carbocycles. The number of nitrogens with zero attached hydrogens (tertiary/aromatic N) is 4. The Morgan fingerprint density at radius 2 is 1.82 bits per heavy atom. The number of nitrogens with one attached hydrogen (secondary N) is 1. The molecule has 188 valence electrons. The fraction of sp³-hybridized carbons (Fsp3) is 0.161. The van der Waals surface area contributed by atoms with E-state index >= 15 is 0 Å². The second kappa shape index (κ2) is 9.94. The van der Waals surface area contributed by atoms with Crippen LogP contribution in [-0.4, -0.2) is 44.1 Å². The number of allylic oxidation sites excluding steroid dienone is 2. The minimum atomic E-state index is -0.252. The van der Waals surface area contributed by atoms with Crippen LogP contribution in [0.3, 0.4) is 0 Å². The lowest BCUT2D eigenvalue weighted by Gasteiger charge is -2.32. The van der Waals surface area contributed by atoms with Crippen LogP contribution in [0.5, 0.6) is 0 Å². The van der Waals surface area contributed by atoms with Gasteiger partial charge < -0.3 is 10.2 Å². The highest BCUT2D eigenvalue weighted by atomic mass is 16.2. The maximum atomic E-state index is 13.6. The van der Waals surface area contributed by atoms with Crippen LogP contribution in [0.25, 0.3) is 16.7 Å². The van der Waals surface area contributed by atoms with Crippen LogP contribution in [0, 0.1) is 0 Å². The second-order valence-electron chi connectivity index (χ2n) is 9.52. The molecule has 2 amide bonds. The molecule has 0 saturated heterocycles. The van der Waals surface area contributed by atoms with Crippen molar-refractivity contribution in [2.24, 2.45) is 7.05 Å². The smallest absolute Gasteiger partial charge is 0.257 e. The van der Waals surface area contributed by atoms with Gasteiger partial charge in [-0.05, 0) is 47.7 Å². The van der Waals surface area contributed by atoms with Crippen molar-refractivity contribution < 1.29 is 9.59 Å². The van der Waals surface area contributed by atoms with E-state index < -0.39 is 0 Å². The Labute approximate surface area is 221 Å². The molecule has 1 N–H and O–H groups in total. The van der Waals surface area contributed by atoms with Crippen LogP contribution in [0.1, 0.15) is 38.4 Å². The molecule has 0 fully saturated rings. The monoisotopic (exact) mass is 501 g/mol. The zero-order valence-corrected chi connectivity index (χ0v) is 21.0. The Balaban J connectivity index is 1.20. The number of fused-ring (bicyclic) bond motifs is 3. The Hall–Kier alpha value is -4.78. The van der Waals surface area contributed by atoms with Crippen LogP contribution in [0.2, 0.25) is 0 Å². The van der Waals surface area contributed by atoms with Gasteiger partial charge in [0, 0.05) is 37.1 Å². The van der Waals surface area contributed by atoms with Gasteiger partial charge in [-0.2, -0.15) is 5.10 Å². The summed E-state index contributed by atoms with van der Waals surface area (Å²) < 4.78 is 1.84. The first kappa shape index (κ1) is 23.6. The molecule has 3 heterocycles. The van der Waals surface area contributed by atoms with Crippen molar-refractivity contribution in [3.05, 3.63) is 120 Å². The van der Waals surface area contributed by atoms with E-state index in [0.717, 1.165) is 40.8 Å². The van der Waals surface area contributed by atoms with Gasteiger partial charge in [-0.1, -0.05) is 66.8 Å². The Bertz CT molecular complexity index is 1570. The summed E-state index contributed by atoms with van der Waals surface area (Å²) >= 11 is 0. The highest BCUT2D eigenvalue weighted by Crippen LogP contribution is 2.33. The molecule has 0 saturated carbocycles. The van der Waals surface area contributed by atoms with Crippen LogP contribution in [0.15, 0.2) is 97.4 Å². The number of carbonyl (C=O) groups excluding carboxylic acids is 2. The summed E-state index contributed by atoms with van der Waals surface area (Å²) in [4.78, 5) is 33.1. The van der Waals surface area contributed by atoms with Crippen LogP contribution in [0.4, 0.5) is 5.82 Å². The third kappa shape index (κ3) is 4.43. The summed E-state index contributed by atoms with van der Waals surface area (Å²) in [5.41, 5.74) is 6.06. The van der Waals surface area contributed by atoms with E-state index in [4.69, 9.17) is 0 Å². The molecular formula is C31H27N5O2. The van der Waals surface area contributed by atoms with Crippen LogP contribution in [-0.2, 0) is 13.5 Å². The number of pyridine rings is 1. The van der Waals surface area contributed by atoms with Gasteiger partial charge in [0.25, 0.3) is 11.8 Å². The molecule has 0 bridgehead atoms. The number of benzene rings is 2. The van der Waals surface area contributed by atoms with Gasteiger partial charge in [-0.25, -0.2) is 4.98 Å². The van der Waals surface area contributed by atoms with E-state index in [2.05, 4.69) is 27.6 Å². The van der Waals surface area contributed by atoms with Gasteiger partial charge in [-0.3, -0.25) is 14.3 Å². The van der Waals surface area contributed by atoms with Crippen LogP contribution < -0.4 is 5.32 Å². The van der Waals surface area contributed by atoms with Gasteiger partial charge in [0.05, 0.1) is 17.3 Å². The first-order chi connectivity index (χ1) is 18.6. The average molecular weight is 502 g/mol. The first-order valence-electron chi connectivity index (χ1n) is 12.7. The molecule has 0 radical (unpaired) electrons. The van der Waals surface area contributed by atoms with Crippen molar-refractivity contribution in [1.29, 1.82) is 0 Å². The van der Waals surface area contributed by atoms with Crippen molar-refractivity contribution in [2.45, 2.75) is 18.9 Å². The van der Waals surface area contributed by atoms with E-state index in [9.17, 15) is 9.59 Å². The lowest BCUT2D eigenvalue weighted by atomic mass is 9.94. The van der Waals surface area contributed by atoms with Crippen LogP contribution >= 0.6 is 0 Å². The summed E-state index contributed by atoms with van der Waals surface area (Å²) in [5, 5.41) is 7.55. The number of hydrogen-bond acceptors (Lipinski definition) is 4. The first-order valence-corrected chi connectivity index (χ1v) is 12.7. The average Bonchev–Trinajstić information content (AvgIpc) is 3.27. The van der Waals surface area contributed by atoms with Crippen molar-refractivity contribution >= 4 is 23.2 Å². The maximum Gasteiger partial charge on any atom is 0.257 e. The molecule has 1 unspecified atom stereocenters. The normalized spacial score (nSPS) is 16.2. The standard InChI is InChI=1S/C31H27N5O2/c1-35-20-23-17-18-36(27-14-8-7-13-26(27)29(23)34-35)31(38)22-15-16-28(32-19-22)33-30(37)25-12-6-5-11-24(25)21-9-3-2-4-10-21/h2-13,15-16,19-20,27H,14,17-18H2,1H3,(H,32,33,37). The van der Waals surface area contributed by atoms with Gasteiger partial charge in [0.2, 0.25) is 0 Å². The number of aryl methyl sites for hydroxylation is 1. The van der Waals surface area contributed by atoms with E-state index in [1.165, 1.54) is 0 Å². The molecule has 2 aromatic heterocycles. The quantitative estimate of drug-likeness (QED) is 0.420. The van der Waals surface area contributed by atoms with E-state index in [0.29, 0.717) is 23.5 Å². The molecule has 0 spiro atoms. The Kier molecular flexibility index (Phi) is 6.17. The Morgan fingerprint density at radius 1 is 1.00 bits per heavy atom. The van der Waals surface area contributed by atoms with Crippen molar-refractivity contribution in [3.8, 4) is 11.1 Å². The second-order valence-corrected chi connectivity index (χ2v) is 9.52. The molecule has 1 atom stereocenters. The minimum absolute atomic E-state index is 0.0717. The summed E-state index contributed by atoms with van der Waals surface area (Å²) in [5.74, 6) is 0.0620. The molecule has 38 heavy (non-hydrogen) atoms. The largest absolute Gasteiger partial charge is 0.331 e. The van der Waals surface area contributed by atoms with Crippen molar-refractivity contribution in [2.75, 3.05) is 11.9 Å². The Morgan fingerprint density at radius 3 is 2.63 bits per heavy atom. The van der Waals surface area contributed by atoms with Crippen molar-refractivity contribution in [1.82, 2.24) is 19.7 Å². The molecule has 7 nitrogen and oxygen atoms in total. The molecule has 1 aliphatic carbocycles. The van der Waals surface area contributed by atoms with Gasteiger partial charge >= 0.3 is 0 Å². The fourth-order valence-corrected chi connectivity index (χ4v) is 5.25. The third-order valence-electron chi connectivity index (χ3n) is 7.08. The summed E-state index contributed by atoms with van der Waals surface area (Å²) in [6.07, 6.45) is 11.3. The summed E-state index contributed by atoms with van der Waals surface area (Å²) in [7, 11) is 1.93. The fourth-order valence-electron chi connectivity index (χ4n) is 5.25.